The average molecular weight is 440 g/mol. The summed E-state index contributed by atoms with van der Waals surface area (Å²) >= 11 is 0. The van der Waals surface area contributed by atoms with E-state index in [1.807, 2.05) is 54.7 Å². The molecule has 0 N–H and O–H groups in total. The molecule has 5 rings (SSSR count). The predicted octanol–water partition coefficient (Wildman–Crippen LogP) is 6.17. The summed E-state index contributed by atoms with van der Waals surface area (Å²) in [5, 5.41) is 1.01. The summed E-state index contributed by atoms with van der Waals surface area (Å²) in [5.74, 6) is 2.13. The number of aromatic nitrogens is 1. The van der Waals surface area contributed by atoms with Gasteiger partial charge in [0.1, 0.15) is 23.9 Å². The van der Waals surface area contributed by atoms with Gasteiger partial charge in [0.2, 0.25) is 5.78 Å². The number of fused-ring (bicyclic) bond motifs is 2. The van der Waals surface area contributed by atoms with Gasteiger partial charge < -0.3 is 18.8 Å². The number of allylic oxidation sites excluding steroid dienone is 1. The van der Waals surface area contributed by atoms with Gasteiger partial charge in [-0.2, -0.15) is 0 Å². The lowest BCUT2D eigenvalue weighted by atomic mass is 10.1. The van der Waals surface area contributed by atoms with Gasteiger partial charge in [0.25, 0.3) is 0 Å². The largest absolute Gasteiger partial charge is 0.497 e. The standard InChI is InChI=1S/C28H25NO4/c1-4-29-16-20(24-14-21(31-3)10-12-25(24)29)13-27-28(30)23-11-9-22(15-26(23)33-27)32-17-19-8-6-5-7-18(19)2/h5-16H,4,17H2,1-3H3. The molecule has 0 aliphatic carbocycles. The average Bonchev–Trinajstić information content (AvgIpc) is 3.35. The van der Waals surface area contributed by atoms with Gasteiger partial charge in [-0.25, -0.2) is 0 Å². The van der Waals surface area contributed by atoms with Gasteiger partial charge in [-0.05, 0) is 61.4 Å². The van der Waals surface area contributed by atoms with E-state index in [0.717, 1.165) is 34.3 Å². The molecule has 0 saturated heterocycles. The number of hydrogen-bond donors (Lipinski definition) is 0. The molecule has 5 heteroatoms. The summed E-state index contributed by atoms with van der Waals surface area (Å²) in [6.45, 7) is 5.43. The number of rotatable bonds is 6. The van der Waals surface area contributed by atoms with Crippen LogP contribution in [0.15, 0.2) is 72.6 Å². The van der Waals surface area contributed by atoms with Crippen LogP contribution >= 0.6 is 0 Å². The quantitative estimate of drug-likeness (QED) is 0.337. The zero-order valence-corrected chi connectivity index (χ0v) is 18.9. The van der Waals surface area contributed by atoms with E-state index in [2.05, 4.69) is 24.5 Å². The zero-order valence-electron chi connectivity index (χ0n) is 18.9. The van der Waals surface area contributed by atoms with Gasteiger partial charge in [0.15, 0.2) is 5.76 Å². The molecule has 1 aliphatic rings. The Morgan fingerprint density at radius 3 is 2.64 bits per heavy atom. The zero-order chi connectivity index (χ0) is 22.9. The first-order valence-corrected chi connectivity index (χ1v) is 11.0. The summed E-state index contributed by atoms with van der Waals surface area (Å²) < 4.78 is 19.5. The Bertz CT molecular complexity index is 1400. The topological polar surface area (TPSA) is 49.7 Å². The van der Waals surface area contributed by atoms with Crippen molar-refractivity contribution in [1.29, 1.82) is 0 Å². The van der Waals surface area contributed by atoms with Gasteiger partial charge in [0, 0.05) is 35.3 Å². The molecular weight excluding hydrogens is 414 g/mol. The maximum atomic E-state index is 13.0. The van der Waals surface area contributed by atoms with Crippen LogP contribution in [-0.4, -0.2) is 17.5 Å². The molecule has 3 aromatic carbocycles. The fourth-order valence-electron chi connectivity index (χ4n) is 4.14. The predicted molar refractivity (Wildman–Crippen MR) is 129 cm³/mol. The molecule has 1 aromatic heterocycles. The van der Waals surface area contributed by atoms with Gasteiger partial charge in [0.05, 0.1) is 12.7 Å². The third-order valence-electron chi connectivity index (χ3n) is 6.04. The van der Waals surface area contributed by atoms with Gasteiger partial charge in [-0.15, -0.1) is 0 Å². The summed E-state index contributed by atoms with van der Waals surface area (Å²) in [6.07, 6.45) is 3.84. The van der Waals surface area contributed by atoms with Crippen molar-refractivity contribution in [2.24, 2.45) is 0 Å². The van der Waals surface area contributed by atoms with Crippen molar-refractivity contribution >= 4 is 22.8 Å². The van der Waals surface area contributed by atoms with E-state index in [1.54, 1.807) is 19.2 Å². The van der Waals surface area contributed by atoms with Crippen LogP contribution in [0.5, 0.6) is 17.2 Å². The number of benzene rings is 3. The lowest BCUT2D eigenvalue weighted by molar-refractivity contribution is 0.101. The molecule has 4 aromatic rings. The lowest BCUT2D eigenvalue weighted by Gasteiger charge is -2.09. The number of methoxy groups -OCH3 is 1. The van der Waals surface area contributed by atoms with Gasteiger partial charge in [-0.3, -0.25) is 4.79 Å². The van der Waals surface area contributed by atoms with E-state index >= 15 is 0 Å². The Hall–Kier alpha value is -3.99. The minimum Gasteiger partial charge on any atom is -0.497 e. The van der Waals surface area contributed by atoms with Crippen LogP contribution in [0.3, 0.4) is 0 Å². The minimum atomic E-state index is -0.129. The number of nitrogens with zero attached hydrogens (tertiary/aromatic N) is 1. The van der Waals surface area contributed by atoms with Crippen molar-refractivity contribution < 1.29 is 19.0 Å². The van der Waals surface area contributed by atoms with Crippen molar-refractivity contribution in [3.8, 4) is 17.2 Å². The first-order chi connectivity index (χ1) is 16.1. The molecule has 166 valence electrons. The van der Waals surface area contributed by atoms with Crippen LogP contribution in [0.2, 0.25) is 0 Å². The third-order valence-corrected chi connectivity index (χ3v) is 6.04. The van der Waals surface area contributed by atoms with Crippen molar-refractivity contribution in [2.75, 3.05) is 7.11 Å². The number of ether oxygens (including phenoxy) is 3. The molecule has 0 spiro atoms. The Morgan fingerprint density at radius 2 is 1.85 bits per heavy atom. The number of Topliss-reactive ketones (excluding diaryl/α,β-unsaturated/α-hetero) is 1. The molecule has 5 nitrogen and oxygen atoms in total. The Morgan fingerprint density at radius 1 is 1.03 bits per heavy atom. The first kappa shape index (κ1) is 20.9. The number of carbonyl (C=O) groups excluding carboxylic acids is 1. The summed E-state index contributed by atoms with van der Waals surface area (Å²) in [6, 6.07) is 19.4. The molecule has 0 fully saturated rings. The van der Waals surface area contributed by atoms with Crippen LogP contribution in [0, 0.1) is 6.92 Å². The summed E-state index contributed by atoms with van der Waals surface area (Å²) in [7, 11) is 1.65. The van der Waals surface area contributed by atoms with Gasteiger partial charge in [-0.1, -0.05) is 24.3 Å². The van der Waals surface area contributed by atoms with Crippen LogP contribution in [0.4, 0.5) is 0 Å². The van der Waals surface area contributed by atoms with Crippen molar-refractivity contribution in [1.82, 2.24) is 4.57 Å². The number of ketones is 1. The molecule has 0 radical (unpaired) electrons. The molecule has 0 atom stereocenters. The highest BCUT2D eigenvalue weighted by atomic mass is 16.5. The van der Waals surface area contributed by atoms with Gasteiger partial charge >= 0.3 is 0 Å². The highest BCUT2D eigenvalue weighted by Gasteiger charge is 2.28. The molecule has 33 heavy (non-hydrogen) atoms. The SMILES string of the molecule is CCn1cc(C=C2Oc3cc(OCc4ccccc4C)ccc3C2=O)c2cc(OC)ccc21. The molecule has 0 unspecified atom stereocenters. The molecule has 0 amide bonds. The minimum absolute atomic E-state index is 0.129. The third kappa shape index (κ3) is 3.87. The van der Waals surface area contributed by atoms with Crippen LogP contribution in [-0.2, 0) is 13.2 Å². The monoisotopic (exact) mass is 439 g/mol. The Labute approximate surface area is 192 Å². The van der Waals surface area contributed by atoms with Crippen molar-refractivity contribution in [2.45, 2.75) is 27.0 Å². The second-order valence-electron chi connectivity index (χ2n) is 8.07. The maximum absolute atomic E-state index is 13.0. The highest BCUT2D eigenvalue weighted by Crippen LogP contribution is 2.36. The smallest absolute Gasteiger partial charge is 0.231 e. The molecule has 2 heterocycles. The fraction of sp³-hybridized carbons (Fsp3) is 0.179. The molecule has 0 saturated carbocycles. The summed E-state index contributed by atoms with van der Waals surface area (Å²) in [5.41, 5.74) is 4.84. The molecule has 1 aliphatic heterocycles. The molecule has 0 bridgehead atoms. The van der Waals surface area contributed by atoms with E-state index < -0.39 is 0 Å². The second kappa shape index (κ2) is 8.51. The normalized spacial score (nSPS) is 13.9. The Balaban J connectivity index is 1.42. The Kier molecular flexibility index (Phi) is 5.38. The number of aryl methyl sites for hydroxylation is 2. The lowest BCUT2D eigenvalue weighted by Crippen LogP contribution is -1.98. The first-order valence-electron chi connectivity index (χ1n) is 11.0. The fourth-order valence-corrected chi connectivity index (χ4v) is 4.14. The van der Waals surface area contributed by atoms with E-state index in [-0.39, 0.29) is 5.78 Å². The van der Waals surface area contributed by atoms with Crippen molar-refractivity contribution in [3.05, 3.63) is 94.9 Å². The van der Waals surface area contributed by atoms with Crippen LogP contribution < -0.4 is 14.2 Å². The molecular formula is C28H25NO4. The van der Waals surface area contributed by atoms with Crippen LogP contribution in [0.1, 0.15) is 34.0 Å². The maximum Gasteiger partial charge on any atom is 0.231 e. The second-order valence-corrected chi connectivity index (χ2v) is 8.07. The van der Waals surface area contributed by atoms with Crippen molar-refractivity contribution in [3.63, 3.8) is 0 Å². The van der Waals surface area contributed by atoms with E-state index in [1.165, 1.54) is 5.56 Å². The van der Waals surface area contributed by atoms with Crippen LogP contribution in [0.25, 0.3) is 17.0 Å². The van der Waals surface area contributed by atoms with E-state index in [9.17, 15) is 4.79 Å². The summed E-state index contributed by atoms with van der Waals surface area (Å²) in [4.78, 5) is 13.0. The number of hydrogen-bond acceptors (Lipinski definition) is 4. The highest BCUT2D eigenvalue weighted by molar-refractivity contribution is 6.15. The van der Waals surface area contributed by atoms with E-state index in [0.29, 0.717) is 29.4 Å². The van der Waals surface area contributed by atoms with E-state index in [4.69, 9.17) is 14.2 Å². The number of carbonyl (C=O) groups is 1.